The van der Waals surface area contributed by atoms with Crippen LogP contribution in [0.2, 0.25) is 0 Å². The largest absolute Gasteiger partial charge is 0.365 e. The van der Waals surface area contributed by atoms with E-state index >= 15 is 0 Å². The van der Waals surface area contributed by atoms with Gasteiger partial charge in [0, 0.05) is 0 Å². The molecule has 62 valence electrons. The fourth-order valence-electron chi connectivity index (χ4n) is 0.631. The fraction of sp³-hybridized carbons (Fsp3) is 0. The van der Waals surface area contributed by atoms with E-state index in [1.807, 2.05) is 0 Å². The maximum Gasteiger partial charge on any atom is 0.270 e. The lowest BCUT2D eigenvalue weighted by Gasteiger charge is -1.96. The predicted molar refractivity (Wildman–Crippen MR) is 36.9 cm³/mol. The topological polar surface area (TPSA) is 125 Å². The van der Waals surface area contributed by atoms with E-state index in [0.717, 1.165) is 6.20 Å². The molecule has 0 saturated carbocycles. The Morgan fingerprint density at radius 3 is 2.33 bits per heavy atom. The molecule has 0 saturated heterocycles. The van der Waals surface area contributed by atoms with Crippen LogP contribution in [0.3, 0.4) is 0 Å². The molecular weight excluding hydrogens is 162 g/mol. The molecule has 0 aliphatic carbocycles. The van der Waals surface area contributed by atoms with E-state index in [4.69, 9.17) is 11.5 Å². The molecule has 1 aromatic rings. The van der Waals surface area contributed by atoms with Crippen molar-refractivity contribution in [3.8, 4) is 0 Å². The van der Waals surface area contributed by atoms with Gasteiger partial charge in [0.2, 0.25) is 0 Å². The maximum atomic E-state index is 10.6. The van der Waals surface area contributed by atoms with E-state index in [1.54, 1.807) is 0 Å². The molecule has 4 N–H and O–H groups in total. The third-order valence-corrected chi connectivity index (χ3v) is 1.14. The molecule has 0 radical (unpaired) electrons. The highest BCUT2D eigenvalue weighted by Crippen LogP contribution is 1.98. The summed E-state index contributed by atoms with van der Waals surface area (Å²) in [5, 5.41) is 9.68. The van der Waals surface area contributed by atoms with Gasteiger partial charge in [-0.3, -0.25) is 9.59 Å². The first kappa shape index (κ1) is 8.05. The highest BCUT2D eigenvalue weighted by molar-refractivity contribution is 6.04. The fourth-order valence-corrected chi connectivity index (χ4v) is 0.631. The minimum Gasteiger partial charge on any atom is -0.365 e. The van der Waals surface area contributed by atoms with E-state index in [9.17, 15) is 9.59 Å². The van der Waals surface area contributed by atoms with E-state index < -0.39 is 11.8 Å². The van der Waals surface area contributed by atoms with Crippen molar-refractivity contribution in [1.29, 1.82) is 0 Å². The van der Waals surface area contributed by atoms with Gasteiger partial charge in [0.1, 0.15) is 0 Å². The van der Waals surface area contributed by atoms with Crippen LogP contribution < -0.4 is 11.5 Å². The van der Waals surface area contributed by atoms with Crippen LogP contribution in [0, 0.1) is 0 Å². The van der Waals surface area contributed by atoms with Crippen LogP contribution in [-0.2, 0) is 0 Å². The lowest BCUT2D eigenvalue weighted by molar-refractivity contribution is 0.0961. The van der Waals surface area contributed by atoms with Gasteiger partial charge in [-0.2, -0.15) is 0 Å². The molecule has 0 aliphatic heterocycles. The molecule has 0 aromatic carbocycles. The highest BCUT2D eigenvalue weighted by Gasteiger charge is 2.14. The zero-order chi connectivity index (χ0) is 9.14. The van der Waals surface area contributed by atoms with E-state index in [1.165, 1.54) is 0 Å². The smallest absolute Gasteiger partial charge is 0.270 e. The van der Waals surface area contributed by atoms with Gasteiger partial charge in [0.15, 0.2) is 5.69 Å². The number of carbonyl (C=O) groups excluding carboxylic acids is 2. The molecule has 1 aromatic heterocycles. The third-order valence-electron chi connectivity index (χ3n) is 1.14. The number of hydrogen-bond acceptors (Lipinski definition) is 5. The molecule has 7 nitrogen and oxygen atoms in total. The van der Waals surface area contributed by atoms with Crippen molar-refractivity contribution >= 4 is 11.8 Å². The standard InChI is InChI=1S/C5H5N5O2/c6-4(11)2-1-8-10-9-3(2)5(7)12/h1H,(H2,6,11)(H2,7,12). The van der Waals surface area contributed by atoms with Crippen LogP contribution in [0.1, 0.15) is 20.8 Å². The summed E-state index contributed by atoms with van der Waals surface area (Å²) in [6.45, 7) is 0. The zero-order valence-corrected chi connectivity index (χ0v) is 5.89. The molecule has 12 heavy (non-hydrogen) atoms. The van der Waals surface area contributed by atoms with Crippen LogP contribution in [0.4, 0.5) is 0 Å². The number of aromatic nitrogens is 3. The van der Waals surface area contributed by atoms with Gasteiger partial charge in [0.05, 0.1) is 11.8 Å². The summed E-state index contributed by atoms with van der Waals surface area (Å²) in [4.78, 5) is 21.2. The number of amides is 2. The molecule has 0 bridgehead atoms. The number of primary amides is 2. The monoisotopic (exact) mass is 167 g/mol. The molecule has 7 heteroatoms. The first-order chi connectivity index (χ1) is 5.63. The van der Waals surface area contributed by atoms with Gasteiger partial charge in [-0.25, -0.2) is 0 Å². The van der Waals surface area contributed by atoms with E-state index in [-0.39, 0.29) is 11.3 Å². The first-order valence-electron chi connectivity index (χ1n) is 2.91. The predicted octanol–water partition coefficient (Wildman–Crippen LogP) is -1.93. The second kappa shape index (κ2) is 2.91. The molecule has 1 rings (SSSR count). The quantitative estimate of drug-likeness (QED) is 0.530. The Morgan fingerprint density at radius 1 is 1.25 bits per heavy atom. The van der Waals surface area contributed by atoms with Crippen molar-refractivity contribution in [2.45, 2.75) is 0 Å². The number of carbonyl (C=O) groups is 2. The second-order valence-corrected chi connectivity index (χ2v) is 1.92. The van der Waals surface area contributed by atoms with Crippen LogP contribution in [0.15, 0.2) is 6.20 Å². The normalized spacial score (nSPS) is 9.33. The zero-order valence-electron chi connectivity index (χ0n) is 5.89. The van der Waals surface area contributed by atoms with E-state index in [0.29, 0.717) is 0 Å². The Kier molecular flexibility index (Phi) is 1.95. The Morgan fingerprint density at radius 2 is 1.92 bits per heavy atom. The Hall–Kier alpha value is -2.05. The number of hydrogen-bond donors (Lipinski definition) is 2. The van der Waals surface area contributed by atoms with Crippen molar-refractivity contribution in [3.63, 3.8) is 0 Å². The average molecular weight is 167 g/mol. The molecule has 0 aliphatic rings. The first-order valence-corrected chi connectivity index (χ1v) is 2.91. The Bertz CT molecular complexity index is 303. The van der Waals surface area contributed by atoms with Crippen LogP contribution in [0.25, 0.3) is 0 Å². The molecule has 0 fully saturated rings. The molecule has 0 atom stereocenters. The van der Waals surface area contributed by atoms with Crippen molar-refractivity contribution in [2.24, 2.45) is 11.5 Å². The lowest BCUT2D eigenvalue weighted by atomic mass is 10.2. The highest BCUT2D eigenvalue weighted by atomic mass is 16.2. The van der Waals surface area contributed by atoms with Gasteiger partial charge in [-0.15, -0.1) is 10.2 Å². The minimum atomic E-state index is -0.862. The van der Waals surface area contributed by atoms with Gasteiger partial charge >= 0.3 is 0 Å². The SMILES string of the molecule is NC(=O)c1cnnnc1C(N)=O. The summed E-state index contributed by atoms with van der Waals surface area (Å²) in [6.07, 6.45) is 1.04. The third kappa shape index (κ3) is 1.34. The molecule has 0 spiro atoms. The van der Waals surface area contributed by atoms with Gasteiger partial charge in [0.25, 0.3) is 11.8 Å². The van der Waals surface area contributed by atoms with Gasteiger partial charge in [-0.05, 0) is 5.21 Å². The summed E-state index contributed by atoms with van der Waals surface area (Å²) in [5.74, 6) is -1.68. The summed E-state index contributed by atoms with van der Waals surface area (Å²) >= 11 is 0. The number of nitrogens with zero attached hydrogens (tertiary/aromatic N) is 3. The van der Waals surface area contributed by atoms with Crippen molar-refractivity contribution in [2.75, 3.05) is 0 Å². The maximum absolute atomic E-state index is 10.6. The van der Waals surface area contributed by atoms with E-state index in [2.05, 4.69) is 15.4 Å². The minimum absolute atomic E-state index is 0.127. The summed E-state index contributed by atoms with van der Waals surface area (Å²) in [5.41, 5.74) is 9.38. The van der Waals surface area contributed by atoms with Crippen molar-refractivity contribution < 1.29 is 9.59 Å². The van der Waals surface area contributed by atoms with Crippen LogP contribution >= 0.6 is 0 Å². The Labute approximate surface area is 66.8 Å². The number of nitrogens with two attached hydrogens (primary N) is 2. The lowest BCUT2D eigenvalue weighted by Crippen LogP contribution is -2.23. The average Bonchev–Trinajstić information content (AvgIpc) is 2.04. The van der Waals surface area contributed by atoms with Gasteiger partial charge in [-0.1, -0.05) is 0 Å². The van der Waals surface area contributed by atoms with Gasteiger partial charge < -0.3 is 11.5 Å². The second-order valence-electron chi connectivity index (χ2n) is 1.92. The van der Waals surface area contributed by atoms with Crippen LogP contribution in [0.5, 0.6) is 0 Å². The summed E-state index contributed by atoms with van der Waals surface area (Å²) < 4.78 is 0. The molecule has 2 amide bonds. The number of rotatable bonds is 2. The van der Waals surface area contributed by atoms with Crippen LogP contribution in [-0.4, -0.2) is 27.2 Å². The molecular formula is C5H5N5O2. The molecule has 1 heterocycles. The summed E-state index contributed by atoms with van der Waals surface area (Å²) in [6, 6.07) is 0. The molecule has 0 unspecified atom stereocenters. The Balaban J connectivity index is 3.27. The van der Waals surface area contributed by atoms with Crippen molar-refractivity contribution in [1.82, 2.24) is 15.4 Å². The summed E-state index contributed by atoms with van der Waals surface area (Å²) in [7, 11) is 0. The van der Waals surface area contributed by atoms with Crippen molar-refractivity contribution in [3.05, 3.63) is 17.5 Å².